The number of amides is 2. The Labute approximate surface area is 148 Å². The van der Waals surface area contributed by atoms with Gasteiger partial charge in [0.1, 0.15) is 17.7 Å². The molecule has 1 atom stereocenters. The second kappa shape index (κ2) is 6.80. The van der Waals surface area contributed by atoms with Crippen LogP contribution >= 0.6 is 11.6 Å². The molecular weight excluding hydrogens is 350 g/mol. The summed E-state index contributed by atoms with van der Waals surface area (Å²) in [5, 5.41) is 0.305. The Morgan fingerprint density at radius 2 is 1.88 bits per heavy atom. The monoisotopic (exact) mass is 364 g/mol. The van der Waals surface area contributed by atoms with Crippen molar-refractivity contribution >= 4 is 29.1 Å². The molecule has 1 aliphatic rings. The van der Waals surface area contributed by atoms with Crippen LogP contribution in [0.15, 0.2) is 42.5 Å². The quantitative estimate of drug-likeness (QED) is 0.818. The standard InChI is InChI=1S/C18H15ClF2N2O2/c1-11-17(24)23(16-7-6-12(20)10-15(16)21)9-8-22(11)18(25)13-4-2-3-5-14(13)19/h2-7,10-11H,8-9H2,1H3/t11-/m0/s1. The largest absolute Gasteiger partial charge is 0.325 e. The molecule has 1 saturated heterocycles. The Hall–Kier alpha value is -2.47. The van der Waals surface area contributed by atoms with Gasteiger partial charge >= 0.3 is 0 Å². The molecular formula is C18H15ClF2N2O2. The lowest BCUT2D eigenvalue weighted by Crippen LogP contribution is -2.58. The fourth-order valence-electron chi connectivity index (χ4n) is 2.88. The number of rotatable bonds is 2. The molecule has 25 heavy (non-hydrogen) atoms. The van der Waals surface area contributed by atoms with Crippen LogP contribution in [0.3, 0.4) is 0 Å². The summed E-state index contributed by atoms with van der Waals surface area (Å²) in [6.07, 6.45) is 0. The van der Waals surface area contributed by atoms with E-state index in [9.17, 15) is 18.4 Å². The topological polar surface area (TPSA) is 40.6 Å². The third-order valence-corrected chi connectivity index (χ3v) is 4.55. The summed E-state index contributed by atoms with van der Waals surface area (Å²) in [5.74, 6) is -2.32. The van der Waals surface area contributed by atoms with Gasteiger partial charge in [0, 0.05) is 19.2 Å². The molecule has 1 aliphatic heterocycles. The van der Waals surface area contributed by atoms with Crippen LogP contribution in [0.1, 0.15) is 17.3 Å². The lowest BCUT2D eigenvalue weighted by atomic mass is 10.1. The van der Waals surface area contributed by atoms with Crippen molar-refractivity contribution in [3.05, 3.63) is 64.7 Å². The van der Waals surface area contributed by atoms with E-state index >= 15 is 0 Å². The molecule has 130 valence electrons. The van der Waals surface area contributed by atoms with Crippen LogP contribution in [-0.2, 0) is 4.79 Å². The van der Waals surface area contributed by atoms with Gasteiger partial charge in [-0.15, -0.1) is 0 Å². The van der Waals surface area contributed by atoms with Gasteiger partial charge in [-0.1, -0.05) is 23.7 Å². The Kier molecular flexibility index (Phi) is 4.72. The maximum Gasteiger partial charge on any atom is 0.256 e. The number of carbonyl (C=O) groups excluding carboxylic acids is 2. The normalized spacial score (nSPS) is 17.8. The zero-order valence-corrected chi connectivity index (χ0v) is 14.1. The molecule has 2 amide bonds. The highest BCUT2D eigenvalue weighted by atomic mass is 35.5. The van der Waals surface area contributed by atoms with Gasteiger partial charge in [0.15, 0.2) is 0 Å². The van der Waals surface area contributed by atoms with Gasteiger partial charge in [-0.25, -0.2) is 8.78 Å². The van der Waals surface area contributed by atoms with E-state index in [2.05, 4.69) is 0 Å². The molecule has 0 saturated carbocycles. The minimum Gasteiger partial charge on any atom is -0.325 e. The SMILES string of the molecule is C[C@H]1C(=O)N(c2ccc(F)cc2F)CCN1C(=O)c1ccccc1Cl. The highest BCUT2D eigenvalue weighted by molar-refractivity contribution is 6.33. The van der Waals surface area contributed by atoms with E-state index in [0.29, 0.717) is 10.6 Å². The highest BCUT2D eigenvalue weighted by Crippen LogP contribution is 2.26. The predicted molar refractivity (Wildman–Crippen MR) is 90.7 cm³/mol. The fraction of sp³-hybridized carbons (Fsp3) is 0.222. The van der Waals surface area contributed by atoms with E-state index in [1.54, 1.807) is 31.2 Å². The summed E-state index contributed by atoms with van der Waals surface area (Å²) in [6, 6.07) is 8.85. The molecule has 0 bridgehead atoms. The van der Waals surface area contributed by atoms with Crippen molar-refractivity contribution in [1.29, 1.82) is 0 Å². The number of piperazine rings is 1. The first-order valence-electron chi connectivity index (χ1n) is 7.72. The number of benzene rings is 2. The number of carbonyl (C=O) groups is 2. The van der Waals surface area contributed by atoms with Gasteiger partial charge in [-0.3, -0.25) is 9.59 Å². The van der Waals surface area contributed by atoms with Gasteiger partial charge in [0.25, 0.3) is 5.91 Å². The van der Waals surface area contributed by atoms with E-state index in [1.165, 1.54) is 15.9 Å². The molecule has 2 aromatic rings. The molecule has 4 nitrogen and oxygen atoms in total. The molecule has 0 N–H and O–H groups in total. The van der Waals surface area contributed by atoms with Crippen molar-refractivity contribution < 1.29 is 18.4 Å². The van der Waals surface area contributed by atoms with Gasteiger partial charge in [0.05, 0.1) is 16.3 Å². The van der Waals surface area contributed by atoms with E-state index in [4.69, 9.17) is 11.6 Å². The first-order valence-corrected chi connectivity index (χ1v) is 8.10. The van der Waals surface area contributed by atoms with Crippen LogP contribution in [-0.4, -0.2) is 35.8 Å². The molecule has 0 unspecified atom stereocenters. The maximum atomic E-state index is 14.0. The smallest absolute Gasteiger partial charge is 0.256 e. The van der Waals surface area contributed by atoms with E-state index < -0.39 is 23.6 Å². The summed E-state index contributed by atoms with van der Waals surface area (Å²) in [4.78, 5) is 27.9. The first-order chi connectivity index (χ1) is 11.9. The Morgan fingerprint density at radius 3 is 2.56 bits per heavy atom. The van der Waals surface area contributed by atoms with Gasteiger partial charge < -0.3 is 9.80 Å². The van der Waals surface area contributed by atoms with Crippen molar-refractivity contribution in [3.8, 4) is 0 Å². The Morgan fingerprint density at radius 1 is 1.16 bits per heavy atom. The second-order valence-corrected chi connectivity index (χ2v) is 6.15. The zero-order chi connectivity index (χ0) is 18.1. The molecule has 7 heteroatoms. The Bertz CT molecular complexity index is 844. The summed E-state index contributed by atoms with van der Waals surface area (Å²) in [6.45, 7) is 1.90. The number of anilines is 1. The second-order valence-electron chi connectivity index (χ2n) is 5.74. The molecule has 2 aromatic carbocycles. The zero-order valence-electron chi connectivity index (χ0n) is 13.4. The molecule has 0 spiro atoms. The van der Waals surface area contributed by atoms with Crippen molar-refractivity contribution in [1.82, 2.24) is 4.90 Å². The molecule has 0 radical (unpaired) electrons. The fourth-order valence-corrected chi connectivity index (χ4v) is 3.09. The number of hydrogen-bond acceptors (Lipinski definition) is 2. The van der Waals surface area contributed by atoms with Crippen molar-refractivity contribution in [2.45, 2.75) is 13.0 Å². The minimum absolute atomic E-state index is 0.00286. The van der Waals surface area contributed by atoms with E-state index in [-0.39, 0.29) is 24.7 Å². The summed E-state index contributed by atoms with van der Waals surface area (Å²) >= 11 is 6.05. The molecule has 0 aliphatic carbocycles. The molecule has 1 heterocycles. The molecule has 3 rings (SSSR count). The molecule has 0 aromatic heterocycles. The third-order valence-electron chi connectivity index (χ3n) is 4.22. The Balaban J connectivity index is 1.84. The van der Waals surface area contributed by atoms with E-state index in [0.717, 1.165) is 12.1 Å². The van der Waals surface area contributed by atoms with Crippen molar-refractivity contribution in [2.75, 3.05) is 18.0 Å². The lowest BCUT2D eigenvalue weighted by molar-refractivity contribution is -0.124. The third kappa shape index (κ3) is 3.22. The maximum absolute atomic E-state index is 14.0. The van der Waals surface area contributed by atoms with Crippen LogP contribution in [0.4, 0.5) is 14.5 Å². The summed E-state index contributed by atoms with van der Waals surface area (Å²) < 4.78 is 27.1. The minimum atomic E-state index is -0.813. The first kappa shape index (κ1) is 17.4. The number of nitrogens with zero attached hydrogens (tertiary/aromatic N) is 2. The van der Waals surface area contributed by atoms with Crippen LogP contribution in [0, 0.1) is 11.6 Å². The van der Waals surface area contributed by atoms with Gasteiger partial charge in [0.2, 0.25) is 5.91 Å². The predicted octanol–water partition coefficient (Wildman–Crippen LogP) is 3.50. The highest BCUT2D eigenvalue weighted by Gasteiger charge is 2.36. The number of halogens is 3. The lowest BCUT2D eigenvalue weighted by Gasteiger charge is -2.39. The van der Waals surface area contributed by atoms with E-state index in [1.807, 2.05) is 0 Å². The summed E-state index contributed by atoms with van der Waals surface area (Å²) in [7, 11) is 0. The van der Waals surface area contributed by atoms with Crippen LogP contribution in [0.2, 0.25) is 5.02 Å². The average molecular weight is 365 g/mol. The average Bonchev–Trinajstić information content (AvgIpc) is 2.58. The van der Waals surface area contributed by atoms with Gasteiger partial charge in [-0.2, -0.15) is 0 Å². The summed E-state index contributed by atoms with van der Waals surface area (Å²) in [5.41, 5.74) is 0.313. The van der Waals surface area contributed by atoms with Crippen molar-refractivity contribution in [2.24, 2.45) is 0 Å². The van der Waals surface area contributed by atoms with Gasteiger partial charge in [-0.05, 0) is 31.2 Å². The van der Waals surface area contributed by atoms with Crippen LogP contribution in [0.25, 0.3) is 0 Å². The molecule has 1 fully saturated rings. The van der Waals surface area contributed by atoms with Crippen LogP contribution in [0.5, 0.6) is 0 Å². The van der Waals surface area contributed by atoms with Crippen LogP contribution < -0.4 is 4.90 Å². The van der Waals surface area contributed by atoms with Crippen molar-refractivity contribution in [3.63, 3.8) is 0 Å². The number of hydrogen-bond donors (Lipinski definition) is 0.